The fourth-order valence-electron chi connectivity index (χ4n) is 2.03. The van der Waals surface area contributed by atoms with Crippen LogP contribution in [0.3, 0.4) is 0 Å². The number of fused-ring (bicyclic) bond motifs is 1. The number of aromatic nitrogens is 2. The second kappa shape index (κ2) is 4.61. The highest BCUT2D eigenvalue weighted by molar-refractivity contribution is 5.76. The third kappa shape index (κ3) is 2.35. The van der Waals surface area contributed by atoms with Crippen molar-refractivity contribution in [2.45, 2.75) is 13.0 Å². The number of H-pyrrole nitrogens is 1. The van der Waals surface area contributed by atoms with Gasteiger partial charge in [-0.05, 0) is 42.8 Å². The Hall–Kier alpha value is -2.56. The smallest absolute Gasteiger partial charge is 0.408 e. The van der Waals surface area contributed by atoms with Crippen molar-refractivity contribution in [3.63, 3.8) is 0 Å². The number of pyridine rings is 1. The first-order valence-electron chi connectivity index (χ1n) is 6.02. The first-order chi connectivity index (χ1) is 9.22. The van der Waals surface area contributed by atoms with E-state index in [-0.39, 0.29) is 6.04 Å². The lowest BCUT2D eigenvalue weighted by Gasteiger charge is -2.15. The van der Waals surface area contributed by atoms with Crippen molar-refractivity contribution in [1.29, 1.82) is 0 Å². The van der Waals surface area contributed by atoms with Crippen molar-refractivity contribution in [3.8, 4) is 0 Å². The van der Waals surface area contributed by atoms with Crippen molar-refractivity contribution in [3.05, 3.63) is 58.8 Å². The first-order valence-corrected chi connectivity index (χ1v) is 6.02. The minimum absolute atomic E-state index is 0.152. The van der Waals surface area contributed by atoms with Crippen molar-refractivity contribution in [1.82, 2.24) is 9.97 Å². The van der Waals surface area contributed by atoms with Crippen LogP contribution in [0, 0.1) is 0 Å². The molecule has 1 aromatic carbocycles. The Morgan fingerprint density at radius 1 is 1.26 bits per heavy atom. The lowest BCUT2D eigenvalue weighted by Crippen LogP contribution is -2.06. The van der Waals surface area contributed by atoms with Crippen LogP contribution in [-0.4, -0.2) is 9.97 Å². The Bertz CT molecular complexity index is 746. The van der Waals surface area contributed by atoms with Gasteiger partial charge in [-0.2, -0.15) is 0 Å². The molecule has 19 heavy (non-hydrogen) atoms. The Morgan fingerprint density at radius 3 is 2.84 bits per heavy atom. The average Bonchev–Trinajstić information content (AvgIpc) is 2.79. The monoisotopic (exact) mass is 255 g/mol. The van der Waals surface area contributed by atoms with Crippen LogP contribution in [-0.2, 0) is 0 Å². The van der Waals surface area contributed by atoms with E-state index >= 15 is 0 Å². The zero-order valence-electron chi connectivity index (χ0n) is 10.4. The molecule has 0 amide bonds. The molecule has 0 bridgehead atoms. The summed E-state index contributed by atoms with van der Waals surface area (Å²) in [6, 6.07) is 9.61. The summed E-state index contributed by atoms with van der Waals surface area (Å²) in [6.45, 7) is 2.07. The van der Waals surface area contributed by atoms with Gasteiger partial charge in [0.25, 0.3) is 0 Å². The van der Waals surface area contributed by atoms with Gasteiger partial charge in [0.1, 0.15) is 0 Å². The molecule has 0 aliphatic carbocycles. The number of nitrogens with one attached hydrogen (secondary N) is 2. The molecular formula is C14H13N3O2. The summed E-state index contributed by atoms with van der Waals surface area (Å²) in [6.07, 6.45) is 3.54. The molecule has 2 N–H and O–H groups in total. The van der Waals surface area contributed by atoms with E-state index in [1.807, 2.05) is 24.3 Å². The highest BCUT2D eigenvalue weighted by Crippen LogP contribution is 2.21. The molecule has 3 rings (SSSR count). The van der Waals surface area contributed by atoms with Crippen molar-refractivity contribution >= 4 is 16.8 Å². The minimum Gasteiger partial charge on any atom is -0.408 e. The highest BCUT2D eigenvalue weighted by atomic mass is 16.4. The van der Waals surface area contributed by atoms with Crippen LogP contribution < -0.4 is 11.1 Å². The largest absolute Gasteiger partial charge is 0.417 e. The van der Waals surface area contributed by atoms with Crippen LogP contribution in [0.15, 0.2) is 51.9 Å². The van der Waals surface area contributed by atoms with Crippen molar-refractivity contribution in [2.24, 2.45) is 0 Å². The van der Waals surface area contributed by atoms with Crippen LogP contribution in [0.5, 0.6) is 0 Å². The average molecular weight is 255 g/mol. The summed E-state index contributed by atoms with van der Waals surface area (Å²) in [5.74, 6) is -0.436. The SMILES string of the molecule is CC(Nc1ccc2oc(=O)[nH]c2c1)c1ccncc1. The van der Waals surface area contributed by atoms with Gasteiger partial charge in [0.2, 0.25) is 0 Å². The van der Waals surface area contributed by atoms with E-state index < -0.39 is 5.76 Å². The number of hydrogen-bond donors (Lipinski definition) is 2. The molecule has 0 saturated heterocycles. The van der Waals surface area contributed by atoms with Crippen LogP contribution in [0.2, 0.25) is 0 Å². The van der Waals surface area contributed by atoms with Gasteiger partial charge in [-0.3, -0.25) is 9.97 Å². The van der Waals surface area contributed by atoms with Gasteiger partial charge in [0, 0.05) is 24.1 Å². The maximum Gasteiger partial charge on any atom is 0.417 e. The molecule has 0 spiro atoms. The molecule has 5 nitrogen and oxygen atoms in total. The lowest BCUT2D eigenvalue weighted by atomic mass is 10.1. The van der Waals surface area contributed by atoms with Gasteiger partial charge in [0.05, 0.1) is 5.52 Å². The molecule has 2 heterocycles. The van der Waals surface area contributed by atoms with Gasteiger partial charge < -0.3 is 9.73 Å². The fraction of sp³-hybridized carbons (Fsp3) is 0.143. The molecule has 0 radical (unpaired) electrons. The molecule has 0 saturated carbocycles. The number of benzene rings is 1. The van der Waals surface area contributed by atoms with E-state index in [4.69, 9.17) is 4.42 Å². The Labute approximate surface area is 109 Å². The molecule has 0 fully saturated rings. The van der Waals surface area contributed by atoms with E-state index in [1.165, 1.54) is 0 Å². The van der Waals surface area contributed by atoms with Gasteiger partial charge in [-0.25, -0.2) is 4.79 Å². The summed E-state index contributed by atoms with van der Waals surface area (Å²) in [4.78, 5) is 17.7. The number of rotatable bonds is 3. The second-order valence-corrected chi connectivity index (χ2v) is 4.37. The molecule has 2 aromatic heterocycles. The maximum absolute atomic E-state index is 11.1. The first kappa shape index (κ1) is 11.5. The molecule has 3 aromatic rings. The van der Waals surface area contributed by atoms with Crippen LogP contribution in [0.25, 0.3) is 11.1 Å². The topological polar surface area (TPSA) is 70.9 Å². The van der Waals surface area contributed by atoms with Crippen LogP contribution in [0.1, 0.15) is 18.5 Å². The normalized spacial score (nSPS) is 12.5. The third-order valence-electron chi connectivity index (χ3n) is 3.01. The molecule has 0 aliphatic rings. The zero-order chi connectivity index (χ0) is 13.2. The Balaban J connectivity index is 1.87. The zero-order valence-corrected chi connectivity index (χ0v) is 10.4. The standard InChI is InChI=1S/C14H13N3O2/c1-9(10-4-6-15-7-5-10)16-11-2-3-13-12(8-11)17-14(18)19-13/h2-9,16H,1H3,(H,17,18). The molecule has 1 unspecified atom stereocenters. The summed E-state index contributed by atoms with van der Waals surface area (Å²) in [7, 11) is 0. The van der Waals surface area contributed by atoms with E-state index in [0.29, 0.717) is 11.1 Å². The number of oxazole rings is 1. The minimum atomic E-state index is -0.436. The lowest BCUT2D eigenvalue weighted by molar-refractivity contribution is 0.555. The van der Waals surface area contributed by atoms with Crippen LogP contribution in [0.4, 0.5) is 5.69 Å². The number of hydrogen-bond acceptors (Lipinski definition) is 4. The predicted molar refractivity (Wildman–Crippen MR) is 73.1 cm³/mol. The molecular weight excluding hydrogens is 242 g/mol. The van der Waals surface area contributed by atoms with E-state index in [9.17, 15) is 4.79 Å². The maximum atomic E-state index is 11.1. The quantitative estimate of drug-likeness (QED) is 0.754. The fourth-order valence-corrected chi connectivity index (χ4v) is 2.03. The van der Waals surface area contributed by atoms with Gasteiger partial charge in [-0.1, -0.05) is 0 Å². The molecule has 5 heteroatoms. The molecule has 0 aliphatic heterocycles. The molecule has 96 valence electrons. The Kier molecular flexibility index (Phi) is 2.79. The van der Waals surface area contributed by atoms with Crippen molar-refractivity contribution < 1.29 is 4.42 Å². The Morgan fingerprint density at radius 2 is 2.05 bits per heavy atom. The van der Waals surface area contributed by atoms with E-state index in [1.54, 1.807) is 18.5 Å². The second-order valence-electron chi connectivity index (χ2n) is 4.37. The van der Waals surface area contributed by atoms with Gasteiger partial charge in [0.15, 0.2) is 5.58 Å². The van der Waals surface area contributed by atoms with Crippen molar-refractivity contribution in [2.75, 3.05) is 5.32 Å². The van der Waals surface area contributed by atoms with Crippen LogP contribution >= 0.6 is 0 Å². The van der Waals surface area contributed by atoms with Gasteiger partial charge >= 0.3 is 5.76 Å². The number of aromatic amines is 1. The van der Waals surface area contributed by atoms with E-state index in [0.717, 1.165) is 11.3 Å². The molecule has 1 atom stereocenters. The predicted octanol–water partition coefficient (Wildman–Crippen LogP) is 2.69. The summed E-state index contributed by atoms with van der Waals surface area (Å²) >= 11 is 0. The summed E-state index contributed by atoms with van der Waals surface area (Å²) in [5.41, 5.74) is 3.33. The number of nitrogens with zero attached hydrogens (tertiary/aromatic N) is 1. The van der Waals surface area contributed by atoms with E-state index in [2.05, 4.69) is 22.2 Å². The van der Waals surface area contributed by atoms with Gasteiger partial charge in [-0.15, -0.1) is 0 Å². The third-order valence-corrected chi connectivity index (χ3v) is 3.01. The summed E-state index contributed by atoms with van der Waals surface area (Å²) < 4.78 is 4.97. The number of anilines is 1. The highest BCUT2D eigenvalue weighted by Gasteiger charge is 2.06. The summed E-state index contributed by atoms with van der Waals surface area (Å²) in [5, 5.41) is 3.37.